The second-order valence-corrected chi connectivity index (χ2v) is 4.54. The molecule has 0 aliphatic heterocycles. The van der Waals surface area contributed by atoms with E-state index in [4.69, 9.17) is 0 Å². The molecule has 3 nitrogen and oxygen atoms in total. The fourth-order valence-corrected chi connectivity index (χ4v) is 1.84. The molecule has 0 aromatic heterocycles. The maximum atomic E-state index is 13.4. The van der Waals surface area contributed by atoms with Crippen LogP contribution in [0.15, 0.2) is 48.5 Å². The van der Waals surface area contributed by atoms with Gasteiger partial charge in [0.1, 0.15) is 5.82 Å². The van der Waals surface area contributed by atoms with Gasteiger partial charge >= 0.3 is 0 Å². The molecule has 4 heteroatoms. The Labute approximate surface area is 117 Å². The first-order valence-corrected chi connectivity index (χ1v) is 6.46. The summed E-state index contributed by atoms with van der Waals surface area (Å²) in [6, 6.07) is 14.2. The van der Waals surface area contributed by atoms with Crippen molar-refractivity contribution in [3.8, 4) is 0 Å². The van der Waals surface area contributed by atoms with Crippen molar-refractivity contribution in [3.05, 3.63) is 65.5 Å². The minimum absolute atomic E-state index is 0.166. The summed E-state index contributed by atoms with van der Waals surface area (Å²) in [5.74, 6) is -0.476. The lowest BCUT2D eigenvalue weighted by Gasteiger charge is -2.10. The third kappa shape index (κ3) is 3.82. The number of rotatable bonds is 5. The van der Waals surface area contributed by atoms with Crippen molar-refractivity contribution >= 4 is 11.6 Å². The number of hydrogen-bond acceptors (Lipinski definition) is 2. The van der Waals surface area contributed by atoms with E-state index in [0.717, 1.165) is 11.3 Å². The Balaban J connectivity index is 1.82. The highest BCUT2D eigenvalue weighted by Crippen LogP contribution is 2.12. The second-order valence-electron chi connectivity index (χ2n) is 4.54. The quantitative estimate of drug-likeness (QED) is 0.878. The number of para-hydroxylation sites is 1. The van der Waals surface area contributed by atoms with Crippen LogP contribution in [0.5, 0.6) is 0 Å². The highest BCUT2D eigenvalue weighted by molar-refractivity contribution is 5.80. The van der Waals surface area contributed by atoms with Crippen molar-refractivity contribution < 1.29 is 9.18 Å². The van der Waals surface area contributed by atoms with Crippen LogP contribution in [-0.2, 0) is 11.3 Å². The van der Waals surface area contributed by atoms with Crippen LogP contribution in [0.1, 0.15) is 11.1 Å². The van der Waals surface area contributed by atoms with Gasteiger partial charge in [0.2, 0.25) is 5.91 Å². The lowest BCUT2D eigenvalue weighted by atomic mass is 10.2. The van der Waals surface area contributed by atoms with Crippen LogP contribution in [0.2, 0.25) is 0 Å². The molecule has 0 bridgehead atoms. The summed E-state index contributed by atoms with van der Waals surface area (Å²) in [7, 11) is 0. The zero-order valence-electron chi connectivity index (χ0n) is 11.3. The third-order valence-electron chi connectivity index (χ3n) is 3.02. The molecule has 2 rings (SSSR count). The average molecular weight is 272 g/mol. The molecule has 0 aliphatic rings. The number of anilines is 1. The summed E-state index contributed by atoms with van der Waals surface area (Å²) in [5.41, 5.74) is 2.49. The van der Waals surface area contributed by atoms with Gasteiger partial charge in [-0.3, -0.25) is 4.79 Å². The predicted octanol–water partition coefficient (Wildman–Crippen LogP) is 2.86. The van der Waals surface area contributed by atoms with Gasteiger partial charge in [-0.25, -0.2) is 4.39 Å². The van der Waals surface area contributed by atoms with E-state index in [2.05, 4.69) is 10.6 Å². The van der Waals surface area contributed by atoms with E-state index in [9.17, 15) is 9.18 Å². The number of benzene rings is 2. The lowest BCUT2D eigenvalue weighted by Crippen LogP contribution is -2.29. The van der Waals surface area contributed by atoms with Crippen LogP contribution in [-0.4, -0.2) is 12.5 Å². The zero-order chi connectivity index (χ0) is 14.4. The molecule has 0 fully saturated rings. The van der Waals surface area contributed by atoms with Crippen LogP contribution in [0, 0.1) is 12.7 Å². The molecule has 0 heterocycles. The fraction of sp³-hybridized carbons (Fsp3) is 0.188. The van der Waals surface area contributed by atoms with Crippen LogP contribution in [0.25, 0.3) is 0 Å². The van der Waals surface area contributed by atoms with Gasteiger partial charge in [0.25, 0.3) is 0 Å². The van der Waals surface area contributed by atoms with Crippen molar-refractivity contribution in [2.75, 3.05) is 11.9 Å². The molecule has 20 heavy (non-hydrogen) atoms. The number of aryl methyl sites for hydroxylation is 1. The minimum Gasteiger partial charge on any atom is -0.376 e. The second kappa shape index (κ2) is 6.70. The molecule has 0 saturated heterocycles. The van der Waals surface area contributed by atoms with Crippen LogP contribution in [0.4, 0.5) is 10.1 Å². The lowest BCUT2D eigenvalue weighted by molar-refractivity contribution is -0.119. The van der Waals surface area contributed by atoms with E-state index in [1.54, 1.807) is 18.2 Å². The van der Waals surface area contributed by atoms with Crippen LogP contribution >= 0.6 is 0 Å². The molecule has 2 N–H and O–H groups in total. The van der Waals surface area contributed by atoms with Crippen LogP contribution < -0.4 is 10.6 Å². The Bertz CT molecular complexity index is 547. The van der Waals surface area contributed by atoms with E-state index in [1.165, 1.54) is 6.07 Å². The first-order valence-electron chi connectivity index (χ1n) is 6.46. The van der Waals surface area contributed by atoms with Gasteiger partial charge in [0, 0.05) is 17.8 Å². The van der Waals surface area contributed by atoms with Gasteiger partial charge in [-0.15, -0.1) is 0 Å². The van der Waals surface area contributed by atoms with E-state index in [1.807, 2.05) is 31.2 Å². The SMILES string of the molecule is Cc1ccccc1NCC(=O)NCc1ccccc1F. The van der Waals surface area contributed by atoms with Gasteiger partial charge in [0.05, 0.1) is 6.54 Å². The molecule has 0 radical (unpaired) electrons. The highest BCUT2D eigenvalue weighted by Gasteiger charge is 2.05. The Morgan fingerprint density at radius 3 is 2.55 bits per heavy atom. The summed E-state index contributed by atoms with van der Waals surface area (Å²) < 4.78 is 13.4. The summed E-state index contributed by atoms with van der Waals surface area (Å²) in [4.78, 5) is 11.7. The number of amides is 1. The Hall–Kier alpha value is -2.36. The van der Waals surface area contributed by atoms with E-state index in [-0.39, 0.29) is 24.8 Å². The number of hydrogen-bond donors (Lipinski definition) is 2. The predicted molar refractivity (Wildman–Crippen MR) is 77.9 cm³/mol. The Morgan fingerprint density at radius 2 is 1.80 bits per heavy atom. The van der Waals surface area contributed by atoms with Gasteiger partial charge in [-0.1, -0.05) is 36.4 Å². The van der Waals surface area contributed by atoms with Gasteiger partial charge in [-0.05, 0) is 24.6 Å². The fourth-order valence-electron chi connectivity index (χ4n) is 1.84. The largest absolute Gasteiger partial charge is 0.376 e. The minimum atomic E-state index is -0.306. The normalized spacial score (nSPS) is 10.1. The third-order valence-corrected chi connectivity index (χ3v) is 3.02. The molecule has 0 aliphatic carbocycles. The molecule has 0 spiro atoms. The average Bonchev–Trinajstić information content (AvgIpc) is 2.45. The molecule has 104 valence electrons. The molecule has 0 unspecified atom stereocenters. The summed E-state index contributed by atoms with van der Waals surface area (Å²) in [6.45, 7) is 2.33. The maximum Gasteiger partial charge on any atom is 0.239 e. The van der Waals surface area contributed by atoms with E-state index >= 15 is 0 Å². The zero-order valence-corrected chi connectivity index (χ0v) is 11.3. The van der Waals surface area contributed by atoms with Crippen molar-refractivity contribution in [2.24, 2.45) is 0 Å². The van der Waals surface area contributed by atoms with Gasteiger partial charge < -0.3 is 10.6 Å². The molecular formula is C16H17FN2O. The van der Waals surface area contributed by atoms with Gasteiger partial charge in [-0.2, -0.15) is 0 Å². The number of halogens is 1. The monoisotopic (exact) mass is 272 g/mol. The number of carbonyl (C=O) groups excluding carboxylic acids is 1. The molecular weight excluding hydrogens is 255 g/mol. The standard InChI is InChI=1S/C16H17FN2O/c1-12-6-2-5-9-15(12)18-11-16(20)19-10-13-7-3-4-8-14(13)17/h2-9,18H,10-11H2,1H3,(H,19,20). The molecule has 2 aromatic rings. The number of carbonyl (C=O) groups is 1. The smallest absolute Gasteiger partial charge is 0.239 e. The Kier molecular flexibility index (Phi) is 4.71. The first kappa shape index (κ1) is 14.1. The topological polar surface area (TPSA) is 41.1 Å². The van der Waals surface area contributed by atoms with E-state index in [0.29, 0.717) is 5.56 Å². The maximum absolute atomic E-state index is 13.4. The van der Waals surface area contributed by atoms with Gasteiger partial charge in [0.15, 0.2) is 0 Å². The first-order chi connectivity index (χ1) is 9.66. The van der Waals surface area contributed by atoms with Crippen LogP contribution in [0.3, 0.4) is 0 Å². The number of nitrogens with one attached hydrogen (secondary N) is 2. The van der Waals surface area contributed by atoms with E-state index < -0.39 is 0 Å². The molecule has 2 aromatic carbocycles. The Morgan fingerprint density at radius 1 is 1.10 bits per heavy atom. The molecule has 0 atom stereocenters. The van der Waals surface area contributed by atoms with Crippen molar-refractivity contribution in [1.82, 2.24) is 5.32 Å². The van der Waals surface area contributed by atoms with Crippen molar-refractivity contribution in [2.45, 2.75) is 13.5 Å². The molecule has 1 amide bonds. The summed E-state index contributed by atoms with van der Waals surface area (Å²) in [6.07, 6.45) is 0. The van der Waals surface area contributed by atoms with Crippen molar-refractivity contribution in [3.63, 3.8) is 0 Å². The summed E-state index contributed by atoms with van der Waals surface area (Å²) >= 11 is 0. The highest BCUT2D eigenvalue weighted by atomic mass is 19.1. The van der Waals surface area contributed by atoms with Crippen molar-refractivity contribution in [1.29, 1.82) is 0 Å². The molecule has 0 saturated carbocycles. The summed E-state index contributed by atoms with van der Waals surface area (Å²) in [5, 5.41) is 5.75.